The topological polar surface area (TPSA) is 72.6 Å². The molecular weight excluding hydrogens is 396 g/mol. The van der Waals surface area contributed by atoms with Crippen molar-refractivity contribution in [3.8, 4) is 17.0 Å². The highest BCUT2D eigenvalue weighted by atomic mass is 16.5. The highest BCUT2D eigenvalue weighted by Gasteiger charge is 2.23. The minimum Gasteiger partial charge on any atom is -0.488 e. The van der Waals surface area contributed by atoms with Crippen LogP contribution in [0.15, 0.2) is 30.6 Å². The molecule has 0 saturated carbocycles. The van der Waals surface area contributed by atoms with Gasteiger partial charge >= 0.3 is 0 Å². The molecule has 0 radical (unpaired) electrons. The number of hydrogen-bond acceptors (Lipinski definition) is 6. The standard InChI is InChI=1S/C23H30N4O4/c1-16-14-28-9-10-29-15-17(2)31-19-6-7-21-20(11-19)23(18-12-24-26(16)13-18)25-27(21)22-5-3-4-8-30-22/h6-7,11-13,16-17,22H,3-5,8-10,14-15H2,1-2H3. The van der Waals surface area contributed by atoms with Crippen LogP contribution < -0.4 is 4.74 Å². The van der Waals surface area contributed by atoms with Gasteiger partial charge in [-0.15, -0.1) is 0 Å². The molecule has 2 aliphatic rings. The van der Waals surface area contributed by atoms with Crippen LogP contribution in [0.1, 0.15) is 45.4 Å². The summed E-state index contributed by atoms with van der Waals surface area (Å²) >= 11 is 0. The molecule has 3 aromatic rings. The highest BCUT2D eigenvalue weighted by Crippen LogP contribution is 2.35. The van der Waals surface area contributed by atoms with E-state index in [0.717, 1.165) is 53.8 Å². The van der Waals surface area contributed by atoms with Crippen LogP contribution in [0.3, 0.4) is 0 Å². The van der Waals surface area contributed by atoms with E-state index in [-0.39, 0.29) is 18.4 Å². The molecule has 0 amide bonds. The number of hydrogen-bond donors (Lipinski definition) is 0. The summed E-state index contributed by atoms with van der Waals surface area (Å²) in [5, 5.41) is 10.6. The molecule has 0 spiro atoms. The lowest BCUT2D eigenvalue weighted by Gasteiger charge is -2.23. The Morgan fingerprint density at radius 2 is 1.90 bits per heavy atom. The van der Waals surface area contributed by atoms with Gasteiger partial charge in [-0.1, -0.05) is 0 Å². The molecule has 2 aliphatic heterocycles. The molecule has 4 heterocycles. The van der Waals surface area contributed by atoms with Crippen LogP contribution in [-0.2, 0) is 14.2 Å². The molecule has 1 saturated heterocycles. The molecule has 166 valence electrons. The SMILES string of the molecule is CC1COCCOCC(C)n2cc(cn2)-c2nn(C3CCCCO3)c3ccc(cc23)O1. The van der Waals surface area contributed by atoms with Gasteiger partial charge in [0.05, 0.1) is 44.2 Å². The molecule has 5 rings (SSSR count). The third-order valence-corrected chi connectivity index (χ3v) is 5.85. The largest absolute Gasteiger partial charge is 0.488 e. The van der Waals surface area contributed by atoms with Crippen molar-refractivity contribution in [3.63, 3.8) is 0 Å². The average molecular weight is 427 g/mol. The van der Waals surface area contributed by atoms with Crippen molar-refractivity contribution in [3.05, 3.63) is 30.6 Å². The van der Waals surface area contributed by atoms with Crippen LogP contribution in [0, 0.1) is 0 Å². The fourth-order valence-electron chi connectivity index (χ4n) is 4.21. The summed E-state index contributed by atoms with van der Waals surface area (Å²) in [5.74, 6) is 0.804. The lowest BCUT2D eigenvalue weighted by molar-refractivity contribution is -0.0365. The maximum Gasteiger partial charge on any atom is 0.150 e. The summed E-state index contributed by atoms with van der Waals surface area (Å²) in [6, 6.07) is 6.27. The van der Waals surface area contributed by atoms with Crippen molar-refractivity contribution in [2.75, 3.05) is 33.0 Å². The van der Waals surface area contributed by atoms with Gasteiger partial charge in [-0.2, -0.15) is 10.2 Å². The van der Waals surface area contributed by atoms with Crippen molar-refractivity contribution in [2.24, 2.45) is 0 Å². The van der Waals surface area contributed by atoms with E-state index in [1.807, 2.05) is 34.7 Å². The summed E-state index contributed by atoms with van der Waals surface area (Å²) in [6.45, 7) is 7.07. The first-order valence-electron chi connectivity index (χ1n) is 11.2. The Hall–Kier alpha value is -2.42. The molecule has 8 heteroatoms. The Morgan fingerprint density at radius 1 is 1.03 bits per heavy atom. The second kappa shape index (κ2) is 8.98. The van der Waals surface area contributed by atoms with Gasteiger partial charge in [-0.05, 0) is 51.3 Å². The smallest absolute Gasteiger partial charge is 0.150 e. The van der Waals surface area contributed by atoms with Crippen LogP contribution >= 0.6 is 0 Å². The van der Waals surface area contributed by atoms with Crippen LogP contribution in [0.5, 0.6) is 5.75 Å². The van der Waals surface area contributed by atoms with Crippen molar-refractivity contribution < 1.29 is 18.9 Å². The molecule has 4 bridgehead atoms. The first-order chi connectivity index (χ1) is 15.2. The molecule has 3 atom stereocenters. The van der Waals surface area contributed by atoms with Crippen LogP contribution in [0.2, 0.25) is 0 Å². The average Bonchev–Trinajstić information content (AvgIpc) is 3.41. The maximum atomic E-state index is 6.13. The van der Waals surface area contributed by atoms with Gasteiger partial charge in [0, 0.05) is 23.8 Å². The Morgan fingerprint density at radius 3 is 2.74 bits per heavy atom. The second-order valence-corrected chi connectivity index (χ2v) is 8.43. The second-order valence-electron chi connectivity index (χ2n) is 8.43. The van der Waals surface area contributed by atoms with Crippen molar-refractivity contribution in [2.45, 2.75) is 51.5 Å². The fraction of sp³-hybridized carbons (Fsp3) is 0.565. The van der Waals surface area contributed by atoms with Gasteiger partial charge in [0.2, 0.25) is 0 Å². The molecule has 31 heavy (non-hydrogen) atoms. The first-order valence-corrected chi connectivity index (χ1v) is 11.2. The zero-order chi connectivity index (χ0) is 21.2. The zero-order valence-electron chi connectivity index (χ0n) is 18.2. The lowest BCUT2D eigenvalue weighted by Crippen LogP contribution is -2.21. The van der Waals surface area contributed by atoms with E-state index in [9.17, 15) is 0 Å². The van der Waals surface area contributed by atoms with Crippen molar-refractivity contribution in [1.82, 2.24) is 19.6 Å². The Bertz CT molecular complexity index is 1020. The van der Waals surface area contributed by atoms with E-state index in [2.05, 4.69) is 24.2 Å². The Kier molecular flexibility index (Phi) is 5.93. The lowest BCUT2D eigenvalue weighted by atomic mass is 10.1. The van der Waals surface area contributed by atoms with Gasteiger partial charge in [-0.3, -0.25) is 4.68 Å². The van der Waals surface area contributed by atoms with E-state index in [1.165, 1.54) is 0 Å². The van der Waals surface area contributed by atoms with Crippen molar-refractivity contribution >= 4 is 10.9 Å². The van der Waals surface area contributed by atoms with Crippen LogP contribution in [-0.4, -0.2) is 58.7 Å². The normalized spacial score (nSPS) is 25.5. The predicted molar refractivity (Wildman–Crippen MR) is 116 cm³/mol. The molecule has 2 aromatic heterocycles. The summed E-state index contributed by atoms with van der Waals surface area (Å²) < 4.78 is 27.6. The maximum absolute atomic E-state index is 6.13. The molecular formula is C23H30N4O4. The quantitative estimate of drug-likeness (QED) is 0.586. The first kappa shape index (κ1) is 20.5. The molecule has 1 aromatic carbocycles. The van der Waals surface area contributed by atoms with E-state index in [4.69, 9.17) is 24.0 Å². The molecule has 3 unspecified atom stereocenters. The number of nitrogens with zero attached hydrogens (tertiary/aromatic N) is 4. The van der Waals surface area contributed by atoms with Crippen LogP contribution in [0.4, 0.5) is 0 Å². The zero-order valence-corrected chi connectivity index (χ0v) is 18.2. The summed E-state index contributed by atoms with van der Waals surface area (Å²) in [4.78, 5) is 0. The predicted octanol–water partition coefficient (Wildman–Crippen LogP) is 3.97. The molecule has 8 nitrogen and oxygen atoms in total. The van der Waals surface area contributed by atoms with Crippen molar-refractivity contribution in [1.29, 1.82) is 0 Å². The monoisotopic (exact) mass is 426 g/mol. The number of fused-ring (bicyclic) bond motifs is 4. The number of benzene rings is 1. The van der Waals surface area contributed by atoms with Gasteiger partial charge in [0.1, 0.15) is 17.5 Å². The van der Waals surface area contributed by atoms with E-state index in [0.29, 0.717) is 26.4 Å². The molecule has 1 fully saturated rings. The van der Waals surface area contributed by atoms with Gasteiger partial charge in [0.25, 0.3) is 0 Å². The van der Waals surface area contributed by atoms with E-state index in [1.54, 1.807) is 0 Å². The summed E-state index contributed by atoms with van der Waals surface area (Å²) in [7, 11) is 0. The third-order valence-electron chi connectivity index (χ3n) is 5.85. The molecule has 0 aliphatic carbocycles. The summed E-state index contributed by atoms with van der Waals surface area (Å²) in [5.41, 5.74) is 2.92. The number of rotatable bonds is 1. The minimum atomic E-state index is -0.0628. The van der Waals surface area contributed by atoms with E-state index < -0.39 is 0 Å². The summed E-state index contributed by atoms with van der Waals surface area (Å²) in [6.07, 6.45) is 7.04. The van der Waals surface area contributed by atoms with Gasteiger partial charge in [-0.25, -0.2) is 4.68 Å². The highest BCUT2D eigenvalue weighted by molar-refractivity contribution is 5.94. The van der Waals surface area contributed by atoms with Crippen LogP contribution in [0.25, 0.3) is 22.2 Å². The molecule has 0 N–H and O–H groups in total. The fourth-order valence-corrected chi connectivity index (χ4v) is 4.21. The Labute approximate surface area is 182 Å². The minimum absolute atomic E-state index is 0.0411. The third kappa shape index (κ3) is 4.33. The number of aromatic nitrogens is 4. The van der Waals surface area contributed by atoms with Gasteiger partial charge < -0.3 is 18.9 Å². The van der Waals surface area contributed by atoms with E-state index >= 15 is 0 Å². The Balaban J connectivity index is 1.59. The number of ether oxygens (including phenoxy) is 4. The van der Waals surface area contributed by atoms with Gasteiger partial charge in [0.15, 0.2) is 6.23 Å².